The zero-order chi connectivity index (χ0) is 25.4. The van der Waals surface area contributed by atoms with Crippen LogP contribution < -0.4 is 16.0 Å². The lowest BCUT2D eigenvalue weighted by Gasteiger charge is -2.53. The van der Waals surface area contributed by atoms with Crippen LogP contribution in [0.25, 0.3) is 0 Å². The van der Waals surface area contributed by atoms with Crippen molar-refractivity contribution in [3.63, 3.8) is 0 Å². The molecule has 2 aliphatic heterocycles. The van der Waals surface area contributed by atoms with Gasteiger partial charge in [0.05, 0.1) is 11.3 Å². The Labute approximate surface area is 203 Å². The monoisotopic (exact) mass is 490 g/mol. The number of nitrogens with zero attached hydrogens (tertiary/aromatic N) is 1. The number of sulfonamides is 1. The molecule has 2 aliphatic rings. The first-order chi connectivity index (χ1) is 15.7. The Morgan fingerprint density at radius 1 is 1.21 bits per heavy atom. The van der Waals surface area contributed by atoms with E-state index in [0.29, 0.717) is 0 Å². The molecule has 2 heterocycles. The standard InChI is InChI=1S/C25H38N4O4S/c1-18-7-9-19(10-8-18)34(32,33)29-14-13-27-22(31)20(29)15-21(30)28-25(16-23(2,3)4)11-12-26-17-24(25,5)6/h7-10,13-14,20,26H,11-12,15-17H2,1-6H3,(H,27,31)(H,28,30)/t20-,25-/m1/s1. The minimum absolute atomic E-state index is 0.0341. The maximum atomic E-state index is 13.4. The molecule has 3 rings (SSSR count). The first-order valence-corrected chi connectivity index (χ1v) is 13.2. The van der Waals surface area contributed by atoms with Gasteiger partial charge in [-0.2, -0.15) is 0 Å². The third-order valence-electron chi connectivity index (χ3n) is 6.83. The minimum Gasteiger partial charge on any atom is -0.350 e. The van der Waals surface area contributed by atoms with Crippen LogP contribution in [0.4, 0.5) is 0 Å². The van der Waals surface area contributed by atoms with E-state index in [0.717, 1.165) is 35.8 Å². The first-order valence-electron chi connectivity index (χ1n) is 11.8. The van der Waals surface area contributed by atoms with Gasteiger partial charge in [-0.05, 0) is 43.9 Å². The lowest BCUT2D eigenvalue weighted by Crippen LogP contribution is -2.66. The number of benzene rings is 1. The molecular formula is C25H38N4O4S. The Bertz CT molecular complexity index is 1060. The van der Waals surface area contributed by atoms with Crippen molar-refractivity contribution in [3.8, 4) is 0 Å². The lowest BCUT2D eigenvalue weighted by atomic mass is 9.62. The number of rotatable bonds is 6. The Morgan fingerprint density at radius 3 is 2.44 bits per heavy atom. The zero-order valence-electron chi connectivity index (χ0n) is 21.1. The van der Waals surface area contributed by atoms with Crippen LogP contribution in [0.1, 0.15) is 59.4 Å². The van der Waals surface area contributed by atoms with Gasteiger partial charge in [-0.3, -0.25) is 13.9 Å². The number of hydrogen-bond donors (Lipinski definition) is 3. The van der Waals surface area contributed by atoms with Gasteiger partial charge in [0.15, 0.2) is 0 Å². The summed E-state index contributed by atoms with van der Waals surface area (Å²) in [5.41, 5.74) is 0.190. The topological polar surface area (TPSA) is 108 Å². The number of nitrogens with one attached hydrogen (secondary N) is 3. The molecule has 0 aliphatic carbocycles. The second kappa shape index (κ2) is 9.34. The molecule has 0 aromatic heterocycles. The van der Waals surface area contributed by atoms with Crippen LogP contribution in [0.3, 0.4) is 0 Å². The van der Waals surface area contributed by atoms with Gasteiger partial charge in [0.2, 0.25) is 11.8 Å². The number of hydrogen-bond acceptors (Lipinski definition) is 5. The van der Waals surface area contributed by atoms with Gasteiger partial charge < -0.3 is 16.0 Å². The van der Waals surface area contributed by atoms with Crippen LogP contribution in [0.15, 0.2) is 41.6 Å². The van der Waals surface area contributed by atoms with E-state index >= 15 is 0 Å². The highest BCUT2D eigenvalue weighted by Crippen LogP contribution is 2.43. The molecule has 0 spiro atoms. The van der Waals surface area contributed by atoms with Crippen LogP contribution in [-0.4, -0.2) is 49.2 Å². The zero-order valence-corrected chi connectivity index (χ0v) is 21.9. The van der Waals surface area contributed by atoms with Gasteiger partial charge in [0.1, 0.15) is 6.04 Å². The summed E-state index contributed by atoms with van der Waals surface area (Å²) in [6.07, 6.45) is 3.86. The van der Waals surface area contributed by atoms with E-state index in [9.17, 15) is 18.0 Å². The molecule has 1 fully saturated rings. The second-order valence-corrected chi connectivity index (χ2v) is 13.2. The summed E-state index contributed by atoms with van der Waals surface area (Å²) in [6.45, 7) is 14.1. The molecule has 188 valence electrons. The molecule has 1 aromatic rings. The van der Waals surface area contributed by atoms with E-state index in [-0.39, 0.29) is 28.1 Å². The number of carbonyl (C=O) groups excluding carboxylic acids is 2. The van der Waals surface area contributed by atoms with Crippen LogP contribution in [0.5, 0.6) is 0 Å². The van der Waals surface area contributed by atoms with Crippen molar-refractivity contribution >= 4 is 21.8 Å². The van der Waals surface area contributed by atoms with Crippen molar-refractivity contribution in [1.29, 1.82) is 0 Å². The molecule has 34 heavy (non-hydrogen) atoms. The largest absolute Gasteiger partial charge is 0.350 e. The molecule has 1 saturated heterocycles. The molecule has 0 bridgehead atoms. The Hall–Kier alpha value is -2.39. The van der Waals surface area contributed by atoms with Gasteiger partial charge >= 0.3 is 0 Å². The summed E-state index contributed by atoms with van der Waals surface area (Å²) in [5, 5.41) is 9.23. The van der Waals surface area contributed by atoms with E-state index in [2.05, 4.69) is 50.6 Å². The van der Waals surface area contributed by atoms with E-state index in [1.165, 1.54) is 24.5 Å². The van der Waals surface area contributed by atoms with Crippen molar-refractivity contribution in [2.75, 3.05) is 13.1 Å². The fourth-order valence-electron chi connectivity index (χ4n) is 4.98. The van der Waals surface area contributed by atoms with Crippen LogP contribution >= 0.6 is 0 Å². The summed E-state index contributed by atoms with van der Waals surface area (Å²) in [7, 11) is -4.01. The summed E-state index contributed by atoms with van der Waals surface area (Å²) < 4.78 is 27.7. The Kier molecular flexibility index (Phi) is 7.20. The maximum absolute atomic E-state index is 13.4. The highest BCUT2D eigenvalue weighted by atomic mass is 32.2. The SMILES string of the molecule is Cc1ccc(S(=O)(=O)N2C=CNC(=O)[C@H]2CC(=O)N[C@@]2(CC(C)(C)C)CCNCC2(C)C)cc1. The van der Waals surface area contributed by atoms with E-state index in [4.69, 9.17) is 0 Å². The lowest BCUT2D eigenvalue weighted by molar-refractivity contribution is -0.132. The molecule has 9 heteroatoms. The maximum Gasteiger partial charge on any atom is 0.264 e. The molecule has 3 N–H and O–H groups in total. The number of amides is 2. The van der Waals surface area contributed by atoms with E-state index < -0.39 is 27.5 Å². The highest BCUT2D eigenvalue weighted by molar-refractivity contribution is 7.89. The van der Waals surface area contributed by atoms with Gasteiger partial charge in [-0.25, -0.2) is 8.42 Å². The molecule has 1 aromatic carbocycles. The molecule has 0 unspecified atom stereocenters. The van der Waals surface area contributed by atoms with Crippen LogP contribution in [-0.2, 0) is 19.6 Å². The fourth-order valence-corrected chi connectivity index (χ4v) is 6.43. The van der Waals surface area contributed by atoms with Gasteiger partial charge in [-0.1, -0.05) is 52.3 Å². The smallest absolute Gasteiger partial charge is 0.264 e. The van der Waals surface area contributed by atoms with Gasteiger partial charge in [0, 0.05) is 29.9 Å². The highest BCUT2D eigenvalue weighted by Gasteiger charge is 2.50. The number of piperidine rings is 1. The summed E-state index contributed by atoms with van der Waals surface area (Å²) >= 11 is 0. The van der Waals surface area contributed by atoms with Gasteiger partial charge in [0.25, 0.3) is 10.0 Å². The second-order valence-electron chi connectivity index (χ2n) is 11.4. The quantitative estimate of drug-likeness (QED) is 0.568. The van der Waals surface area contributed by atoms with Crippen molar-refractivity contribution in [2.24, 2.45) is 10.8 Å². The summed E-state index contributed by atoms with van der Waals surface area (Å²) in [4.78, 5) is 26.2. The molecule has 2 atom stereocenters. The number of aryl methyl sites for hydroxylation is 1. The van der Waals surface area contributed by atoms with Crippen LogP contribution in [0.2, 0.25) is 0 Å². The average molecular weight is 491 g/mol. The normalized spacial score (nSPS) is 25.1. The van der Waals surface area contributed by atoms with Gasteiger partial charge in [-0.15, -0.1) is 0 Å². The third-order valence-corrected chi connectivity index (χ3v) is 8.63. The Morgan fingerprint density at radius 2 is 1.85 bits per heavy atom. The van der Waals surface area contributed by atoms with Crippen molar-refractivity contribution in [2.45, 2.75) is 77.3 Å². The van der Waals surface area contributed by atoms with E-state index in [1.54, 1.807) is 12.1 Å². The fraction of sp³-hybridized carbons (Fsp3) is 0.600. The summed E-state index contributed by atoms with van der Waals surface area (Å²) in [5.74, 6) is -0.860. The van der Waals surface area contributed by atoms with Crippen molar-refractivity contribution in [3.05, 3.63) is 42.2 Å². The molecule has 0 radical (unpaired) electrons. The minimum atomic E-state index is -4.01. The van der Waals surface area contributed by atoms with Crippen molar-refractivity contribution in [1.82, 2.24) is 20.3 Å². The molecular weight excluding hydrogens is 452 g/mol. The first kappa shape index (κ1) is 26.2. The average Bonchev–Trinajstić information content (AvgIpc) is 2.70. The number of carbonyl (C=O) groups is 2. The van der Waals surface area contributed by atoms with Crippen molar-refractivity contribution < 1.29 is 18.0 Å². The Balaban J connectivity index is 1.88. The molecule has 8 nitrogen and oxygen atoms in total. The van der Waals surface area contributed by atoms with Crippen LogP contribution in [0, 0.1) is 17.8 Å². The van der Waals surface area contributed by atoms with E-state index in [1.807, 2.05) is 6.92 Å². The molecule has 2 amide bonds. The predicted octanol–water partition coefficient (Wildman–Crippen LogP) is 2.66. The predicted molar refractivity (Wildman–Crippen MR) is 132 cm³/mol. The third kappa shape index (κ3) is 5.46. The summed E-state index contributed by atoms with van der Waals surface area (Å²) in [6, 6.07) is 5.26. The molecule has 0 saturated carbocycles.